The summed E-state index contributed by atoms with van der Waals surface area (Å²) in [5.74, 6) is 0.489. The normalized spacial score (nSPS) is 15.1. The number of nitrogens with zero attached hydrogens (tertiary/aromatic N) is 1. The summed E-state index contributed by atoms with van der Waals surface area (Å²) >= 11 is 7.19. The highest BCUT2D eigenvalue weighted by Crippen LogP contribution is 2.41. The van der Waals surface area contributed by atoms with Crippen LogP contribution in [0.3, 0.4) is 0 Å². The van der Waals surface area contributed by atoms with Gasteiger partial charge in [-0.1, -0.05) is 11.6 Å². The van der Waals surface area contributed by atoms with E-state index in [1.165, 1.54) is 23.5 Å². The molecule has 1 heterocycles. The zero-order valence-corrected chi connectivity index (χ0v) is 13.6. The molecule has 3 N–H and O–H groups in total. The van der Waals surface area contributed by atoms with E-state index in [0.29, 0.717) is 22.3 Å². The molecule has 0 bridgehead atoms. The van der Waals surface area contributed by atoms with Gasteiger partial charge in [0, 0.05) is 22.0 Å². The Hall–Kier alpha value is -1.31. The topological polar surface area (TPSA) is 85.1 Å². The summed E-state index contributed by atoms with van der Waals surface area (Å²) in [5, 5.41) is 2.56. The number of nitrogen functional groups attached to an aromatic ring is 1. The van der Waals surface area contributed by atoms with Crippen LogP contribution in [0, 0.1) is 6.92 Å². The third-order valence-corrected chi connectivity index (χ3v) is 5.98. The van der Waals surface area contributed by atoms with Crippen molar-refractivity contribution in [3.8, 4) is 0 Å². The highest BCUT2D eigenvalue weighted by Gasteiger charge is 2.27. The molecule has 0 amide bonds. The van der Waals surface area contributed by atoms with Crippen LogP contribution >= 0.6 is 22.9 Å². The molecule has 3 rings (SSSR count). The van der Waals surface area contributed by atoms with E-state index in [4.69, 9.17) is 17.3 Å². The molecule has 1 saturated carbocycles. The third kappa shape index (κ3) is 3.00. The number of benzene rings is 1. The number of nitrogens with one attached hydrogen (secondary N) is 1. The van der Waals surface area contributed by atoms with Crippen LogP contribution in [0.15, 0.2) is 22.4 Å². The zero-order valence-electron chi connectivity index (χ0n) is 11.3. The first kappa shape index (κ1) is 14.6. The molecular formula is C13H14ClN3O2S2. The van der Waals surface area contributed by atoms with Gasteiger partial charge in [-0.2, -0.15) is 0 Å². The number of hydrogen-bond donors (Lipinski definition) is 2. The fraction of sp³-hybridized carbons (Fsp3) is 0.308. The molecule has 8 heteroatoms. The number of anilines is 2. The second kappa shape index (κ2) is 5.15. The van der Waals surface area contributed by atoms with Gasteiger partial charge in [0.15, 0.2) is 5.13 Å². The molecule has 5 nitrogen and oxygen atoms in total. The van der Waals surface area contributed by atoms with Gasteiger partial charge >= 0.3 is 0 Å². The standard InChI is InChI=1S/C13H14ClN3O2S2/c1-7-10(15)4-9(14)5-12(7)21(18,19)17-13-16-11(6-20-13)8-2-3-8/h4-6,8H,2-3,15H2,1H3,(H,16,17). The molecule has 0 saturated heterocycles. The van der Waals surface area contributed by atoms with E-state index in [2.05, 4.69) is 9.71 Å². The van der Waals surface area contributed by atoms with E-state index >= 15 is 0 Å². The van der Waals surface area contributed by atoms with E-state index < -0.39 is 10.0 Å². The quantitative estimate of drug-likeness (QED) is 0.833. The number of nitrogens with two attached hydrogens (primary N) is 1. The van der Waals surface area contributed by atoms with Gasteiger partial charge in [0.2, 0.25) is 0 Å². The molecular weight excluding hydrogens is 330 g/mol. The molecule has 1 aromatic carbocycles. The second-order valence-corrected chi connectivity index (χ2v) is 8.02. The minimum atomic E-state index is -3.75. The van der Waals surface area contributed by atoms with Crippen LogP contribution < -0.4 is 10.5 Å². The van der Waals surface area contributed by atoms with E-state index in [-0.39, 0.29) is 9.92 Å². The van der Waals surface area contributed by atoms with Crippen molar-refractivity contribution >= 4 is 43.8 Å². The average Bonchev–Trinajstić information content (AvgIpc) is 3.15. The fourth-order valence-corrected chi connectivity index (χ4v) is 4.66. The highest BCUT2D eigenvalue weighted by atomic mass is 35.5. The molecule has 1 aromatic heterocycles. The Balaban J connectivity index is 1.92. The van der Waals surface area contributed by atoms with Gasteiger partial charge < -0.3 is 5.73 Å². The maximum Gasteiger partial charge on any atom is 0.264 e. The number of rotatable bonds is 4. The van der Waals surface area contributed by atoms with Crippen molar-refractivity contribution in [1.82, 2.24) is 4.98 Å². The molecule has 0 aliphatic heterocycles. The van der Waals surface area contributed by atoms with Crippen molar-refractivity contribution < 1.29 is 8.42 Å². The van der Waals surface area contributed by atoms with Crippen LogP contribution in [-0.2, 0) is 10.0 Å². The van der Waals surface area contributed by atoms with E-state index in [9.17, 15) is 8.42 Å². The minimum Gasteiger partial charge on any atom is -0.398 e. The fourth-order valence-electron chi connectivity index (χ4n) is 2.02. The van der Waals surface area contributed by atoms with Crippen LogP contribution in [0.1, 0.15) is 30.0 Å². The number of sulfonamides is 1. The van der Waals surface area contributed by atoms with Crippen LogP contribution in [0.2, 0.25) is 5.02 Å². The predicted molar refractivity (Wildman–Crippen MR) is 85.5 cm³/mol. The van der Waals surface area contributed by atoms with Crippen molar-refractivity contribution in [1.29, 1.82) is 0 Å². The molecule has 1 aliphatic carbocycles. The number of aromatic nitrogens is 1. The summed E-state index contributed by atoms with van der Waals surface area (Å²) in [6.07, 6.45) is 2.25. The molecule has 0 radical (unpaired) electrons. The lowest BCUT2D eigenvalue weighted by molar-refractivity contribution is 0.600. The van der Waals surface area contributed by atoms with Crippen molar-refractivity contribution in [2.24, 2.45) is 0 Å². The summed E-state index contributed by atoms with van der Waals surface area (Å²) in [5.41, 5.74) is 7.56. The van der Waals surface area contributed by atoms with Crippen LogP contribution in [0.25, 0.3) is 0 Å². The Morgan fingerprint density at radius 1 is 1.43 bits per heavy atom. The molecule has 0 unspecified atom stereocenters. The summed E-state index contributed by atoms with van der Waals surface area (Å²) in [4.78, 5) is 4.40. The SMILES string of the molecule is Cc1c(N)cc(Cl)cc1S(=O)(=O)Nc1nc(C2CC2)cs1. The van der Waals surface area contributed by atoms with Gasteiger partial charge in [-0.05, 0) is 37.5 Å². The summed E-state index contributed by atoms with van der Waals surface area (Å²) < 4.78 is 27.4. The van der Waals surface area contributed by atoms with Gasteiger partial charge in [0.05, 0.1) is 10.6 Å². The van der Waals surface area contributed by atoms with Crippen LogP contribution in [0.5, 0.6) is 0 Å². The lowest BCUT2D eigenvalue weighted by atomic mass is 10.2. The monoisotopic (exact) mass is 343 g/mol. The van der Waals surface area contributed by atoms with Gasteiger partial charge in [-0.3, -0.25) is 4.72 Å². The van der Waals surface area contributed by atoms with Crippen LogP contribution in [-0.4, -0.2) is 13.4 Å². The van der Waals surface area contributed by atoms with Crippen molar-refractivity contribution in [3.05, 3.63) is 33.8 Å². The smallest absolute Gasteiger partial charge is 0.264 e. The maximum atomic E-state index is 12.5. The third-order valence-electron chi connectivity index (χ3n) is 3.39. The van der Waals surface area contributed by atoms with Crippen molar-refractivity contribution in [3.63, 3.8) is 0 Å². The first-order valence-corrected chi connectivity index (χ1v) is 9.15. The van der Waals surface area contributed by atoms with Gasteiger partial charge in [-0.15, -0.1) is 11.3 Å². The molecule has 112 valence electrons. The molecule has 0 atom stereocenters. The zero-order chi connectivity index (χ0) is 15.2. The molecule has 2 aromatic rings. The molecule has 21 heavy (non-hydrogen) atoms. The minimum absolute atomic E-state index is 0.0793. The average molecular weight is 344 g/mol. The Labute approximate surface area is 132 Å². The van der Waals surface area contributed by atoms with Crippen molar-refractivity contribution in [2.75, 3.05) is 10.5 Å². The maximum absolute atomic E-state index is 12.5. The Kier molecular flexibility index (Phi) is 3.59. The Bertz CT molecular complexity index is 798. The van der Waals surface area contributed by atoms with Crippen LogP contribution in [0.4, 0.5) is 10.8 Å². The second-order valence-electron chi connectivity index (χ2n) is 5.08. The summed E-state index contributed by atoms with van der Waals surface area (Å²) in [7, 11) is -3.75. The van der Waals surface area contributed by atoms with E-state index in [1.54, 1.807) is 6.92 Å². The first-order valence-electron chi connectivity index (χ1n) is 6.40. The van der Waals surface area contributed by atoms with E-state index in [1.807, 2.05) is 5.38 Å². The van der Waals surface area contributed by atoms with Gasteiger partial charge in [0.25, 0.3) is 10.0 Å². The van der Waals surface area contributed by atoms with E-state index in [0.717, 1.165) is 18.5 Å². The van der Waals surface area contributed by atoms with Gasteiger partial charge in [0.1, 0.15) is 0 Å². The Morgan fingerprint density at radius 3 is 2.81 bits per heavy atom. The number of hydrogen-bond acceptors (Lipinski definition) is 5. The van der Waals surface area contributed by atoms with Crippen molar-refractivity contribution in [2.45, 2.75) is 30.6 Å². The summed E-state index contributed by atoms with van der Waals surface area (Å²) in [6.45, 7) is 1.65. The summed E-state index contributed by atoms with van der Waals surface area (Å²) in [6, 6.07) is 2.93. The molecule has 1 aliphatic rings. The lowest BCUT2D eigenvalue weighted by Gasteiger charge is -2.10. The first-order chi connectivity index (χ1) is 9.87. The lowest BCUT2D eigenvalue weighted by Crippen LogP contribution is -2.15. The van der Waals surface area contributed by atoms with Gasteiger partial charge in [-0.25, -0.2) is 13.4 Å². The number of halogens is 1. The predicted octanol–water partition coefficient (Wildman–Crippen LogP) is 3.37. The number of thiazole rings is 1. The largest absolute Gasteiger partial charge is 0.398 e. The molecule has 1 fully saturated rings. The highest BCUT2D eigenvalue weighted by molar-refractivity contribution is 7.93. The Morgan fingerprint density at radius 2 is 2.14 bits per heavy atom. The molecule has 0 spiro atoms.